The van der Waals surface area contributed by atoms with Crippen molar-refractivity contribution in [3.63, 3.8) is 0 Å². The second kappa shape index (κ2) is 8.43. The third-order valence-electron chi connectivity index (χ3n) is 5.19. The van der Waals surface area contributed by atoms with Gasteiger partial charge in [0.25, 0.3) is 0 Å². The second-order valence-corrected chi connectivity index (χ2v) is 7.59. The Hall–Kier alpha value is -4.32. The number of nitrogens with one attached hydrogen (secondary N) is 2. The van der Waals surface area contributed by atoms with E-state index >= 15 is 0 Å². The van der Waals surface area contributed by atoms with Gasteiger partial charge in [-0.25, -0.2) is 15.0 Å². The summed E-state index contributed by atoms with van der Waals surface area (Å²) >= 11 is 0. The molecular formula is C23H20N8O. The van der Waals surface area contributed by atoms with E-state index in [9.17, 15) is 4.79 Å². The maximum Gasteiger partial charge on any atom is 0.228 e. The van der Waals surface area contributed by atoms with Crippen LogP contribution in [0.3, 0.4) is 0 Å². The van der Waals surface area contributed by atoms with E-state index in [4.69, 9.17) is 0 Å². The molecule has 0 bridgehead atoms. The van der Waals surface area contributed by atoms with Crippen LogP contribution >= 0.6 is 0 Å². The van der Waals surface area contributed by atoms with E-state index in [0.717, 1.165) is 34.7 Å². The van der Waals surface area contributed by atoms with Gasteiger partial charge in [0.1, 0.15) is 30.0 Å². The van der Waals surface area contributed by atoms with Gasteiger partial charge in [0.2, 0.25) is 5.91 Å². The van der Waals surface area contributed by atoms with Gasteiger partial charge >= 0.3 is 0 Å². The molecule has 0 unspecified atom stereocenters. The van der Waals surface area contributed by atoms with Crippen molar-refractivity contribution >= 4 is 28.3 Å². The van der Waals surface area contributed by atoms with Crippen molar-refractivity contribution in [2.45, 2.75) is 19.4 Å². The summed E-state index contributed by atoms with van der Waals surface area (Å²) in [5.41, 5.74) is 2.42. The first kappa shape index (κ1) is 19.6. The molecule has 32 heavy (non-hydrogen) atoms. The van der Waals surface area contributed by atoms with Gasteiger partial charge in [-0.1, -0.05) is 12.0 Å². The molecule has 1 amide bonds. The zero-order chi connectivity index (χ0) is 21.9. The number of carbonyl (C=O) groups excluding carboxylic acids is 1. The monoisotopic (exact) mass is 424 g/mol. The molecule has 1 saturated carbocycles. The van der Waals surface area contributed by atoms with Crippen molar-refractivity contribution in [1.82, 2.24) is 29.7 Å². The fourth-order valence-corrected chi connectivity index (χ4v) is 3.31. The smallest absolute Gasteiger partial charge is 0.228 e. The summed E-state index contributed by atoms with van der Waals surface area (Å²) < 4.78 is 1.87. The minimum atomic E-state index is 0.0168. The number of amides is 1. The maximum atomic E-state index is 12.1. The highest BCUT2D eigenvalue weighted by molar-refractivity contribution is 5.99. The first-order valence-corrected chi connectivity index (χ1v) is 10.3. The number of pyridine rings is 3. The third-order valence-corrected chi connectivity index (χ3v) is 5.19. The summed E-state index contributed by atoms with van der Waals surface area (Å²) in [5.74, 6) is 7.62. The number of aromatic nitrogens is 6. The van der Waals surface area contributed by atoms with Gasteiger partial charge in [0, 0.05) is 42.3 Å². The highest BCUT2D eigenvalue weighted by Crippen LogP contribution is 2.31. The van der Waals surface area contributed by atoms with Crippen molar-refractivity contribution in [1.29, 1.82) is 0 Å². The molecule has 4 aromatic heterocycles. The topological polar surface area (TPSA) is 111 Å². The lowest BCUT2D eigenvalue weighted by Gasteiger charge is -2.09. The Balaban J connectivity index is 1.43. The van der Waals surface area contributed by atoms with E-state index in [1.807, 2.05) is 22.8 Å². The molecule has 0 atom stereocenters. The highest BCUT2D eigenvalue weighted by Gasteiger charge is 2.29. The number of nitrogens with zero attached hydrogens (tertiary/aromatic N) is 6. The quantitative estimate of drug-likeness (QED) is 0.474. The van der Waals surface area contributed by atoms with Crippen LogP contribution in [0.1, 0.15) is 29.7 Å². The number of hydrogen-bond acceptors (Lipinski definition) is 7. The fourth-order valence-electron chi connectivity index (χ4n) is 3.31. The van der Waals surface area contributed by atoms with Crippen LogP contribution in [0.5, 0.6) is 0 Å². The second-order valence-electron chi connectivity index (χ2n) is 7.59. The van der Waals surface area contributed by atoms with Crippen LogP contribution in [-0.4, -0.2) is 42.7 Å². The Bertz CT molecular complexity index is 1330. The van der Waals surface area contributed by atoms with Gasteiger partial charge in [-0.3, -0.25) is 4.79 Å². The molecule has 9 heteroatoms. The molecule has 2 N–H and O–H groups in total. The van der Waals surface area contributed by atoms with Crippen molar-refractivity contribution in [2.75, 3.05) is 17.7 Å². The first-order valence-electron chi connectivity index (χ1n) is 10.3. The number of hydrogen-bond donors (Lipinski definition) is 2. The summed E-state index contributed by atoms with van der Waals surface area (Å²) in [6, 6.07) is 5.71. The third kappa shape index (κ3) is 4.25. The lowest BCUT2D eigenvalue weighted by atomic mass is 10.1. The van der Waals surface area contributed by atoms with Gasteiger partial charge in [0.05, 0.1) is 12.1 Å². The van der Waals surface area contributed by atoms with Crippen LogP contribution in [-0.2, 0) is 11.3 Å². The van der Waals surface area contributed by atoms with Crippen LogP contribution in [0.15, 0.2) is 49.4 Å². The van der Waals surface area contributed by atoms with Crippen LogP contribution in [0.2, 0.25) is 0 Å². The number of rotatable bonds is 5. The SMILES string of the molecule is CNc1ncc(C#Cc2ccc(Cn3cnnc3)cn2)c2cc(NC(=O)C3CC3)ncc12. The van der Waals surface area contributed by atoms with E-state index in [0.29, 0.717) is 23.9 Å². The van der Waals surface area contributed by atoms with Gasteiger partial charge in [-0.15, -0.1) is 10.2 Å². The molecule has 9 nitrogen and oxygen atoms in total. The Kier molecular flexibility index (Phi) is 5.17. The van der Waals surface area contributed by atoms with Crippen molar-refractivity contribution in [2.24, 2.45) is 5.92 Å². The molecule has 1 aliphatic carbocycles. The average molecular weight is 424 g/mol. The molecule has 0 aliphatic heterocycles. The lowest BCUT2D eigenvalue weighted by Crippen LogP contribution is -2.14. The molecule has 4 heterocycles. The van der Waals surface area contributed by atoms with Crippen LogP contribution in [0.4, 0.5) is 11.6 Å². The number of anilines is 2. The van der Waals surface area contributed by atoms with Crippen molar-refractivity contribution < 1.29 is 4.79 Å². The first-order chi connectivity index (χ1) is 15.7. The van der Waals surface area contributed by atoms with E-state index in [-0.39, 0.29) is 11.8 Å². The van der Waals surface area contributed by atoms with Crippen LogP contribution in [0, 0.1) is 17.8 Å². The van der Waals surface area contributed by atoms with E-state index in [1.54, 1.807) is 38.3 Å². The van der Waals surface area contributed by atoms with E-state index in [2.05, 4.69) is 47.6 Å². The fraction of sp³-hybridized carbons (Fsp3) is 0.217. The van der Waals surface area contributed by atoms with Crippen LogP contribution < -0.4 is 10.6 Å². The van der Waals surface area contributed by atoms with Gasteiger partial charge < -0.3 is 15.2 Å². The summed E-state index contributed by atoms with van der Waals surface area (Å²) in [5, 5.41) is 15.3. The van der Waals surface area contributed by atoms with Crippen LogP contribution in [0.25, 0.3) is 10.8 Å². The van der Waals surface area contributed by atoms with Crippen molar-refractivity contribution in [3.8, 4) is 11.8 Å². The Labute approximate surface area is 184 Å². The number of carbonyl (C=O) groups is 1. The predicted octanol–water partition coefficient (Wildman–Crippen LogP) is 2.45. The number of fused-ring (bicyclic) bond motifs is 1. The van der Waals surface area contributed by atoms with Gasteiger partial charge in [0.15, 0.2) is 0 Å². The Morgan fingerprint density at radius 3 is 2.62 bits per heavy atom. The zero-order valence-corrected chi connectivity index (χ0v) is 17.4. The minimum absolute atomic E-state index is 0.0168. The molecule has 1 fully saturated rings. The minimum Gasteiger partial charge on any atom is -0.373 e. The zero-order valence-electron chi connectivity index (χ0n) is 17.4. The average Bonchev–Trinajstić information content (AvgIpc) is 3.55. The van der Waals surface area contributed by atoms with Gasteiger partial charge in [-0.2, -0.15) is 0 Å². The summed E-state index contributed by atoms with van der Waals surface area (Å²) in [6.07, 6.45) is 10.4. The Morgan fingerprint density at radius 1 is 1.06 bits per heavy atom. The van der Waals surface area contributed by atoms with E-state index in [1.165, 1.54) is 0 Å². The molecule has 1 aliphatic rings. The van der Waals surface area contributed by atoms with E-state index < -0.39 is 0 Å². The molecule has 0 saturated heterocycles. The standard InChI is InChI=1S/C23H20N8O/c1-24-22-20-11-26-21(30-23(32)16-3-4-16)8-19(20)17(10-27-22)5-7-18-6-2-15(9-25-18)12-31-13-28-29-14-31/h2,6,8-11,13-14,16H,3-4,12H2,1H3,(H,24,27)(H,26,30,32). The molecule has 158 valence electrons. The molecule has 0 spiro atoms. The molecule has 0 radical (unpaired) electrons. The highest BCUT2D eigenvalue weighted by atomic mass is 16.2. The molecule has 4 aromatic rings. The Morgan fingerprint density at radius 2 is 1.91 bits per heavy atom. The molecule has 5 rings (SSSR count). The summed E-state index contributed by atoms with van der Waals surface area (Å²) in [7, 11) is 1.81. The maximum absolute atomic E-state index is 12.1. The molecule has 0 aromatic carbocycles. The van der Waals surface area contributed by atoms with Gasteiger partial charge in [-0.05, 0) is 36.5 Å². The van der Waals surface area contributed by atoms with Crippen molar-refractivity contribution in [3.05, 3.63) is 66.3 Å². The summed E-state index contributed by atoms with van der Waals surface area (Å²) in [6.45, 7) is 0.649. The summed E-state index contributed by atoms with van der Waals surface area (Å²) in [4.78, 5) is 25.4. The lowest BCUT2D eigenvalue weighted by molar-refractivity contribution is -0.117. The largest absolute Gasteiger partial charge is 0.373 e. The molecular weight excluding hydrogens is 404 g/mol. The predicted molar refractivity (Wildman–Crippen MR) is 120 cm³/mol. The normalized spacial score (nSPS) is 12.8.